The summed E-state index contributed by atoms with van der Waals surface area (Å²) in [6, 6.07) is 0. The number of rotatable bonds is 5. The van der Waals surface area contributed by atoms with Gasteiger partial charge in [-0.15, -0.1) is 6.58 Å². The van der Waals surface area contributed by atoms with Gasteiger partial charge in [-0.2, -0.15) is 0 Å². The molecule has 0 rings (SSSR count). The van der Waals surface area contributed by atoms with Crippen LogP contribution in [0.5, 0.6) is 0 Å². The van der Waals surface area contributed by atoms with Crippen LogP contribution in [0.25, 0.3) is 0 Å². The van der Waals surface area contributed by atoms with Crippen molar-refractivity contribution >= 4 is 23.2 Å². The second-order valence-electron chi connectivity index (χ2n) is 2.69. The molecule has 0 radical (unpaired) electrons. The van der Waals surface area contributed by atoms with Gasteiger partial charge in [-0.3, -0.25) is 0 Å². The van der Waals surface area contributed by atoms with Gasteiger partial charge >= 0.3 is 0 Å². The summed E-state index contributed by atoms with van der Waals surface area (Å²) in [5, 5.41) is 9.71. The van der Waals surface area contributed by atoms with E-state index in [0.717, 1.165) is 0 Å². The van der Waals surface area contributed by atoms with Crippen LogP contribution in [0.2, 0.25) is 0 Å². The maximum atomic E-state index is 9.71. The van der Waals surface area contributed by atoms with E-state index >= 15 is 0 Å². The number of hydrogen-bond acceptors (Lipinski definition) is 1. The fourth-order valence-electron chi connectivity index (χ4n) is 0.854. The molecule has 0 saturated carbocycles. The minimum absolute atomic E-state index is 0.248. The van der Waals surface area contributed by atoms with Gasteiger partial charge < -0.3 is 5.11 Å². The molecule has 0 aliphatic carbocycles. The van der Waals surface area contributed by atoms with Gasteiger partial charge in [-0.1, -0.05) is 42.3 Å². The van der Waals surface area contributed by atoms with Crippen LogP contribution < -0.4 is 0 Å². The van der Waals surface area contributed by atoms with Crippen LogP contribution in [0.4, 0.5) is 0 Å². The lowest BCUT2D eigenvalue weighted by molar-refractivity contribution is 0.0789. The highest BCUT2D eigenvalue weighted by atomic mass is 35.5. The molecule has 0 aromatic heterocycles. The third-order valence-corrected chi connectivity index (χ3v) is 2.18. The molecule has 1 atom stereocenters. The van der Waals surface area contributed by atoms with E-state index in [1.807, 2.05) is 6.92 Å². The van der Waals surface area contributed by atoms with Crippen molar-refractivity contribution in [3.8, 4) is 0 Å². The maximum Gasteiger partial charge on any atom is 0.102 e. The summed E-state index contributed by atoms with van der Waals surface area (Å²) in [7, 11) is 0. The molecule has 0 fully saturated rings. The maximum absolute atomic E-state index is 9.71. The second-order valence-corrected chi connectivity index (χ2v) is 3.70. The average molecular weight is 209 g/mol. The van der Waals surface area contributed by atoms with Gasteiger partial charge in [0.1, 0.15) is 4.49 Å². The van der Waals surface area contributed by atoms with Crippen LogP contribution in [0.3, 0.4) is 0 Å². The first kappa shape index (κ1) is 12.0. The Morgan fingerprint density at radius 3 is 2.50 bits per heavy atom. The largest absolute Gasteiger partial charge is 0.386 e. The van der Waals surface area contributed by atoms with Gasteiger partial charge in [0.15, 0.2) is 0 Å². The van der Waals surface area contributed by atoms with E-state index in [2.05, 4.69) is 6.58 Å². The van der Waals surface area contributed by atoms with Crippen LogP contribution in [0.15, 0.2) is 23.2 Å². The number of allylic oxidation sites excluding steroid dienone is 1. The Labute approximate surface area is 83.7 Å². The molecule has 0 amide bonds. The highest BCUT2D eigenvalue weighted by Gasteiger charge is 2.18. The number of hydrogen-bond donors (Lipinski definition) is 1. The second kappa shape index (κ2) is 5.63. The topological polar surface area (TPSA) is 20.2 Å². The number of halogens is 2. The van der Waals surface area contributed by atoms with Crippen molar-refractivity contribution in [2.45, 2.75) is 31.8 Å². The summed E-state index contributed by atoms with van der Waals surface area (Å²) in [5.41, 5.74) is -0.778. The molecule has 0 aliphatic heterocycles. The molecule has 1 nitrogen and oxygen atoms in total. The third kappa shape index (κ3) is 4.81. The molecule has 0 saturated heterocycles. The predicted octanol–water partition coefficient (Wildman–Crippen LogP) is 3.41. The minimum atomic E-state index is -0.778. The van der Waals surface area contributed by atoms with Crippen molar-refractivity contribution in [2.75, 3.05) is 0 Å². The van der Waals surface area contributed by atoms with Crippen molar-refractivity contribution in [1.82, 2.24) is 0 Å². The van der Waals surface area contributed by atoms with Crippen molar-refractivity contribution < 1.29 is 5.11 Å². The molecule has 0 aromatic rings. The van der Waals surface area contributed by atoms with Crippen LogP contribution in [0, 0.1) is 0 Å². The van der Waals surface area contributed by atoms with E-state index in [0.29, 0.717) is 19.3 Å². The summed E-state index contributed by atoms with van der Waals surface area (Å²) in [6.45, 7) is 5.48. The van der Waals surface area contributed by atoms with Gasteiger partial charge in [-0.05, 0) is 19.3 Å². The Balaban J connectivity index is 3.89. The zero-order chi connectivity index (χ0) is 9.61. The highest BCUT2D eigenvalue weighted by Crippen LogP contribution is 2.20. The van der Waals surface area contributed by atoms with Gasteiger partial charge in [0.25, 0.3) is 0 Å². The predicted molar refractivity (Wildman–Crippen MR) is 54.5 cm³/mol. The quantitative estimate of drug-likeness (QED) is 0.688. The first-order valence-electron chi connectivity index (χ1n) is 3.91. The van der Waals surface area contributed by atoms with E-state index in [4.69, 9.17) is 23.2 Å². The van der Waals surface area contributed by atoms with Crippen LogP contribution in [0.1, 0.15) is 26.2 Å². The molecular weight excluding hydrogens is 195 g/mol. The van der Waals surface area contributed by atoms with Gasteiger partial charge in [-0.25, -0.2) is 0 Å². The molecule has 12 heavy (non-hydrogen) atoms. The zero-order valence-electron chi connectivity index (χ0n) is 7.19. The minimum Gasteiger partial charge on any atom is -0.386 e. The third-order valence-electron chi connectivity index (χ3n) is 1.87. The normalized spacial score (nSPS) is 15.0. The Hall–Kier alpha value is 0.0200. The first-order valence-corrected chi connectivity index (χ1v) is 4.67. The van der Waals surface area contributed by atoms with Crippen molar-refractivity contribution in [2.24, 2.45) is 0 Å². The van der Waals surface area contributed by atoms with E-state index < -0.39 is 5.60 Å². The Bertz CT molecular complexity index is 173. The first-order chi connectivity index (χ1) is 5.54. The molecular formula is C9H14Cl2O. The fourth-order valence-corrected chi connectivity index (χ4v) is 1.07. The van der Waals surface area contributed by atoms with E-state index in [1.165, 1.54) is 0 Å². The Kier molecular flexibility index (Phi) is 5.64. The molecule has 0 spiro atoms. The lowest BCUT2D eigenvalue weighted by Gasteiger charge is -2.21. The molecule has 0 heterocycles. The number of aliphatic hydroxyl groups is 1. The Morgan fingerprint density at radius 1 is 1.58 bits per heavy atom. The van der Waals surface area contributed by atoms with Gasteiger partial charge in [0.05, 0.1) is 5.60 Å². The lowest BCUT2D eigenvalue weighted by atomic mass is 9.95. The van der Waals surface area contributed by atoms with Gasteiger partial charge in [0, 0.05) is 0 Å². The van der Waals surface area contributed by atoms with E-state index in [9.17, 15) is 5.11 Å². The van der Waals surface area contributed by atoms with Crippen molar-refractivity contribution in [3.05, 3.63) is 23.2 Å². The van der Waals surface area contributed by atoms with Crippen LogP contribution in [-0.4, -0.2) is 10.7 Å². The molecule has 1 unspecified atom stereocenters. The summed E-state index contributed by atoms with van der Waals surface area (Å²) >= 11 is 10.8. The van der Waals surface area contributed by atoms with Crippen molar-refractivity contribution in [3.63, 3.8) is 0 Å². The fraction of sp³-hybridized carbons (Fsp3) is 0.556. The molecule has 3 heteroatoms. The summed E-state index contributed by atoms with van der Waals surface area (Å²) in [5.74, 6) is 0. The smallest absolute Gasteiger partial charge is 0.102 e. The standard InChI is InChI=1S/C9H14Cl2O/c1-3-9(12,4-2)7-5-6-8(10)11/h3,6,12H,1,4-5,7H2,2H3. The highest BCUT2D eigenvalue weighted by molar-refractivity contribution is 6.55. The lowest BCUT2D eigenvalue weighted by Crippen LogP contribution is -2.23. The van der Waals surface area contributed by atoms with Crippen LogP contribution >= 0.6 is 23.2 Å². The molecule has 1 N–H and O–H groups in total. The zero-order valence-corrected chi connectivity index (χ0v) is 8.70. The van der Waals surface area contributed by atoms with Gasteiger partial charge in [0.2, 0.25) is 0 Å². The van der Waals surface area contributed by atoms with Crippen molar-refractivity contribution in [1.29, 1.82) is 0 Å². The molecule has 70 valence electrons. The van der Waals surface area contributed by atoms with E-state index in [-0.39, 0.29) is 4.49 Å². The Morgan fingerprint density at radius 2 is 2.17 bits per heavy atom. The SMILES string of the molecule is C=CC(O)(CC)CCC=C(Cl)Cl. The van der Waals surface area contributed by atoms with E-state index in [1.54, 1.807) is 12.2 Å². The molecule has 0 aliphatic rings. The monoisotopic (exact) mass is 208 g/mol. The van der Waals surface area contributed by atoms with Crippen LogP contribution in [-0.2, 0) is 0 Å². The summed E-state index contributed by atoms with van der Waals surface area (Å²) < 4.78 is 0.248. The summed E-state index contributed by atoms with van der Waals surface area (Å²) in [6.07, 6.45) is 5.16. The molecule has 0 aromatic carbocycles. The molecule has 0 bridgehead atoms. The average Bonchev–Trinajstić information content (AvgIpc) is 2.03. The summed E-state index contributed by atoms with van der Waals surface area (Å²) in [4.78, 5) is 0.